The van der Waals surface area contributed by atoms with Gasteiger partial charge < -0.3 is 4.57 Å². The van der Waals surface area contributed by atoms with Crippen molar-refractivity contribution in [1.29, 1.82) is 0 Å². The van der Waals surface area contributed by atoms with Crippen molar-refractivity contribution in [3.05, 3.63) is 61.5 Å². The van der Waals surface area contributed by atoms with E-state index in [1.807, 2.05) is 18.2 Å². The molecule has 1 atom stereocenters. The smallest absolute Gasteiger partial charge is 0.302 e. The lowest BCUT2D eigenvalue weighted by atomic mass is 9.98. The Kier molecular flexibility index (Phi) is 5.98. The van der Waals surface area contributed by atoms with Gasteiger partial charge in [0.25, 0.3) is 5.56 Å². The predicted octanol–water partition coefficient (Wildman–Crippen LogP) is 3.20. The molecule has 2 aromatic heterocycles. The second-order valence-corrected chi connectivity index (χ2v) is 7.58. The van der Waals surface area contributed by atoms with Crippen LogP contribution >= 0.6 is 15.9 Å². The van der Waals surface area contributed by atoms with Gasteiger partial charge in [0, 0.05) is 19.7 Å². The summed E-state index contributed by atoms with van der Waals surface area (Å²) in [6.45, 7) is 2.10. The van der Waals surface area contributed by atoms with Gasteiger partial charge in [-0.15, -0.1) is 0 Å². The van der Waals surface area contributed by atoms with E-state index in [2.05, 4.69) is 27.8 Å². The maximum absolute atomic E-state index is 13.3. The Bertz CT molecular complexity index is 1130. The third kappa shape index (κ3) is 3.48. The number of carbonyl (C=O) groups is 1. The first-order valence-corrected chi connectivity index (χ1v) is 10.1. The maximum Gasteiger partial charge on any atom is 0.332 e. The molecule has 8 heteroatoms. The van der Waals surface area contributed by atoms with Gasteiger partial charge in [-0.1, -0.05) is 56.5 Å². The van der Waals surface area contributed by atoms with E-state index in [4.69, 9.17) is 0 Å². The largest absolute Gasteiger partial charge is 0.332 e. The van der Waals surface area contributed by atoms with Gasteiger partial charge in [0.2, 0.25) is 0 Å². The zero-order chi connectivity index (χ0) is 20.4. The minimum Gasteiger partial charge on any atom is -0.302 e. The SMILES string of the molecule is CCCCCC(C(=O)c1ccccc1)n1c(Br)nc2c1c(=O)n(C)c(=O)n2C. The molecule has 0 aliphatic carbocycles. The first kappa shape index (κ1) is 20.3. The van der Waals surface area contributed by atoms with Crippen LogP contribution in [0.15, 0.2) is 44.7 Å². The van der Waals surface area contributed by atoms with E-state index in [9.17, 15) is 14.4 Å². The van der Waals surface area contributed by atoms with Crippen molar-refractivity contribution in [2.24, 2.45) is 14.1 Å². The molecule has 3 rings (SSSR count). The van der Waals surface area contributed by atoms with Crippen LogP contribution in [0, 0.1) is 0 Å². The van der Waals surface area contributed by atoms with Crippen molar-refractivity contribution in [2.45, 2.75) is 38.6 Å². The fourth-order valence-corrected chi connectivity index (χ4v) is 4.02. The summed E-state index contributed by atoms with van der Waals surface area (Å²) < 4.78 is 4.38. The number of hydrogen-bond donors (Lipinski definition) is 0. The molecule has 0 spiro atoms. The minimum atomic E-state index is -0.585. The van der Waals surface area contributed by atoms with Gasteiger partial charge in [0.05, 0.1) is 6.04 Å². The fourth-order valence-electron chi connectivity index (χ4n) is 3.43. The molecule has 0 amide bonds. The van der Waals surface area contributed by atoms with Crippen molar-refractivity contribution in [3.8, 4) is 0 Å². The molecular formula is C20H23BrN4O3. The van der Waals surface area contributed by atoms with Crippen LogP contribution in [-0.4, -0.2) is 24.5 Å². The second-order valence-electron chi connectivity index (χ2n) is 6.87. The Hall–Kier alpha value is -2.48. The lowest BCUT2D eigenvalue weighted by Crippen LogP contribution is -2.38. The van der Waals surface area contributed by atoms with Gasteiger partial charge >= 0.3 is 5.69 Å². The number of ketones is 1. The number of aryl methyl sites for hydroxylation is 1. The summed E-state index contributed by atoms with van der Waals surface area (Å²) in [5.41, 5.74) is 0.187. The molecule has 0 saturated heterocycles. The van der Waals surface area contributed by atoms with Crippen molar-refractivity contribution >= 4 is 32.9 Å². The molecule has 1 unspecified atom stereocenters. The Labute approximate surface area is 170 Å². The first-order chi connectivity index (χ1) is 13.4. The highest BCUT2D eigenvalue weighted by molar-refractivity contribution is 9.10. The molecule has 0 radical (unpaired) electrons. The standard InChI is InChI=1S/C20H23BrN4O3/c1-4-5-7-12-14(16(26)13-10-8-6-9-11-13)25-15-17(22-19(25)21)23(2)20(28)24(3)18(15)27/h6,8-11,14H,4-5,7,12H2,1-3H3. The van der Waals surface area contributed by atoms with Crippen molar-refractivity contribution < 1.29 is 4.79 Å². The maximum atomic E-state index is 13.3. The molecule has 28 heavy (non-hydrogen) atoms. The molecular weight excluding hydrogens is 424 g/mol. The van der Waals surface area contributed by atoms with E-state index in [0.29, 0.717) is 16.7 Å². The number of hydrogen-bond acceptors (Lipinski definition) is 4. The summed E-state index contributed by atoms with van der Waals surface area (Å²) in [6, 6.07) is 8.46. The van der Waals surface area contributed by atoms with E-state index in [0.717, 1.165) is 23.8 Å². The van der Waals surface area contributed by atoms with Crippen LogP contribution in [0.5, 0.6) is 0 Å². The molecule has 0 aliphatic rings. The molecule has 0 aliphatic heterocycles. The van der Waals surface area contributed by atoms with Crippen LogP contribution in [0.25, 0.3) is 11.2 Å². The highest BCUT2D eigenvalue weighted by Crippen LogP contribution is 2.28. The Morgan fingerprint density at radius 2 is 1.79 bits per heavy atom. The normalized spacial score (nSPS) is 12.4. The minimum absolute atomic E-state index is 0.0763. The molecule has 1 aromatic carbocycles. The number of Topliss-reactive ketones (excluding diaryl/α,β-unsaturated/α-hetero) is 1. The van der Waals surface area contributed by atoms with E-state index < -0.39 is 17.3 Å². The number of nitrogens with zero attached hydrogens (tertiary/aromatic N) is 4. The molecule has 148 valence electrons. The van der Waals surface area contributed by atoms with E-state index in [1.165, 1.54) is 11.6 Å². The third-order valence-corrected chi connectivity index (χ3v) is 5.56. The van der Waals surface area contributed by atoms with Crippen molar-refractivity contribution in [2.75, 3.05) is 0 Å². The number of unbranched alkanes of at least 4 members (excludes halogenated alkanes) is 2. The average molecular weight is 447 g/mol. The van der Waals surface area contributed by atoms with Gasteiger partial charge in [-0.05, 0) is 22.4 Å². The van der Waals surface area contributed by atoms with E-state index in [1.54, 1.807) is 23.7 Å². The van der Waals surface area contributed by atoms with Crippen molar-refractivity contribution in [3.63, 3.8) is 0 Å². The van der Waals surface area contributed by atoms with E-state index in [-0.39, 0.29) is 16.9 Å². The second kappa shape index (κ2) is 8.26. The zero-order valence-corrected chi connectivity index (χ0v) is 17.8. The summed E-state index contributed by atoms with van der Waals surface area (Å²) in [7, 11) is 3.00. The summed E-state index contributed by atoms with van der Waals surface area (Å²) >= 11 is 3.41. The lowest BCUT2D eigenvalue weighted by Gasteiger charge is -2.19. The van der Waals surface area contributed by atoms with Gasteiger partial charge in [-0.25, -0.2) is 9.78 Å². The van der Waals surface area contributed by atoms with Crippen LogP contribution in [-0.2, 0) is 14.1 Å². The monoisotopic (exact) mass is 446 g/mol. The number of benzene rings is 1. The van der Waals surface area contributed by atoms with Gasteiger partial charge in [0.1, 0.15) is 0 Å². The lowest BCUT2D eigenvalue weighted by molar-refractivity contribution is 0.0918. The summed E-state index contributed by atoms with van der Waals surface area (Å²) in [4.78, 5) is 42.9. The van der Waals surface area contributed by atoms with Crippen LogP contribution < -0.4 is 11.2 Å². The number of carbonyl (C=O) groups excluding carboxylic acids is 1. The zero-order valence-electron chi connectivity index (χ0n) is 16.2. The number of aromatic nitrogens is 4. The van der Waals surface area contributed by atoms with Crippen LogP contribution in [0.4, 0.5) is 0 Å². The first-order valence-electron chi connectivity index (χ1n) is 9.31. The quantitative estimate of drug-likeness (QED) is 0.317. The Morgan fingerprint density at radius 1 is 1.11 bits per heavy atom. The van der Waals surface area contributed by atoms with Crippen molar-refractivity contribution in [1.82, 2.24) is 18.7 Å². The predicted molar refractivity (Wildman–Crippen MR) is 112 cm³/mol. The fraction of sp³-hybridized carbons (Fsp3) is 0.400. The molecule has 3 aromatic rings. The van der Waals surface area contributed by atoms with Crippen LogP contribution in [0.3, 0.4) is 0 Å². The van der Waals surface area contributed by atoms with Gasteiger partial charge in [0.15, 0.2) is 21.7 Å². The molecule has 7 nitrogen and oxygen atoms in total. The molecule has 0 bridgehead atoms. The molecule has 0 saturated carbocycles. The number of halogens is 1. The molecule has 0 N–H and O–H groups in total. The third-order valence-electron chi connectivity index (χ3n) is 5.00. The summed E-state index contributed by atoms with van der Waals surface area (Å²) in [5.74, 6) is -0.0763. The van der Waals surface area contributed by atoms with Gasteiger partial charge in [-0.3, -0.25) is 18.7 Å². The van der Waals surface area contributed by atoms with Crippen LogP contribution in [0.2, 0.25) is 0 Å². The van der Waals surface area contributed by atoms with E-state index >= 15 is 0 Å². The average Bonchev–Trinajstić information content (AvgIpc) is 3.05. The Balaban J connectivity index is 2.24. The summed E-state index contributed by atoms with van der Waals surface area (Å²) in [5, 5.41) is 0. The number of fused-ring (bicyclic) bond motifs is 1. The van der Waals surface area contributed by atoms with Crippen LogP contribution in [0.1, 0.15) is 49.0 Å². The number of imidazole rings is 1. The summed E-state index contributed by atoms with van der Waals surface area (Å²) in [6.07, 6.45) is 3.43. The molecule has 0 fully saturated rings. The highest BCUT2D eigenvalue weighted by Gasteiger charge is 2.28. The molecule has 2 heterocycles. The Morgan fingerprint density at radius 3 is 2.43 bits per heavy atom. The topological polar surface area (TPSA) is 78.9 Å². The number of rotatable bonds is 7. The van der Waals surface area contributed by atoms with Gasteiger partial charge in [-0.2, -0.15) is 0 Å². The highest BCUT2D eigenvalue weighted by atomic mass is 79.9.